The standard InChI is InChI=1S/C14H16F3N5/c1-21-9-18-20-13(21)10-4-3-7-22(8-10)12-6-2-5-11(19-12)14(15,16)17/h2,5-6,9-10H,3-4,7-8H2,1H3. The average molecular weight is 311 g/mol. The van der Waals surface area contributed by atoms with Gasteiger partial charge in [-0.3, -0.25) is 0 Å². The molecule has 1 aliphatic rings. The zero-order chi connectivity index (χ0) is 15.7. The molecule has 0 saturated carbocycles. The molecule has 1 atom stereocenters. The summed E-state index contributed by atoms with van der Waals surface area (Å²) in [5, 5.41) is 7.98. The average Bonchev–Trinajstić information content (AvgIpc) is 2.93. The van der Waals surface area contributed by atoms with Gasteiger partial charge in [0.1, 0.15) is 23.7 Å². The second kappa shape index (κ2) is 5.58. The Hall–Kier alpha value is -2.12. The monoisotopic (exact) mass is 311 g/mol. The van der Waals surface area contributed by atoms with Crippen LogP contribution in [0.25, 0.3) is 0 Å². The second-order valence-electron chi connectivity index (χ2n) is 5.46. The molecule has 0 N–H and O–H groups in total. The van der Waals surface area contributed by atoms with Crippen molar-refractivity contribution in [3.8, 4) is 0 Å². The van der Waals surface area contributed by atoms with Crippen molar-refractivity contribution in [3.05, 3.63) is 36.0 Å². The van der Waals surface area contributed by atoms with E-state index in [-0.39, 0.29) is 5.92 Å². The first-order valence-corrected chi connectivity index (χ1v) is 7.08. The highest BCUT2D eigenvalue weighted by Gasteiger charge is 2.33. The lowest BCUT2D eigenvalue weighted by Gasteiger charge is -2.33. The van der Waals surface area contributed by atoms with Crippen LogP contribution in [0, 0.1) is 0 Å². The fourth-order valence-electron chi connectivity index (χ4n) is 2.82. The normalized spacial score (nSPS) is 19.5. The highest BCUT2D eigenvalue weighted by molar-refractivity contribution is 5.41. The number of piperidine rings is 1. The fourth-order valence-corrected chi connectivity index (χ4v) is 2.82. The molecule has 118 valence electrons. The van der Waals surface area contributed by atoms with E-state index in [0.717, 1.165) is 24.7 Å². The maximum absolute atomic E-state index is 12.8. The van der Waals surface area contributed by atoms with E-state index in [9.17, 15) is 13.2 Å². The lowest BCUT2D eigenvalue weighted by atomic mass is 9.97. The summed E-state index contributed by atoms with van der Waals surface area (Å²) >= 11 is 0. The number of aryl methyl sites for hydroxylation is 1. The van der Waals surface area contributed by atoms with Gasteiger partial charge in [-0.2, -0.15) is 13.2 Å². The molecule has 1 unspecified atom stereocenters. The van der Waals surface area contributed by atoms with Gasteiger partial charge in [-0.25, -0.2) is 4.98 Å². The summed E-state index contributed by atoms with van der Waals surface area (Å²) in [6.07, 6.45) is -0.955. The Kier molecular flexibility index (Phi) is 3.76. The zero-order valence-electron chi connectivity index (χ0n) is 12.1. The number of nitrogens with zero attached hydrogens (tertiary/aromatic N) is 5. The first-order valence-electron chi connectivity index (χ1n) is 7.08. The molecule has 1 saturated heterocycles. The third-order valence-electron chi connectivity index (χ3n) is 3.88. The van der Waals surface area contributed by atoms with Crippen LogP contribution in [0.4, 0.5) is 19.0 Å². The van der Waals surface area contributed by atoms with Crippen molar-refractivity contribution < 1.29 is 13.2 Å². The van der Waals surface area contributed by atoms with Crippen molar-refractivity contribution in [1.82, 2.24) is 19.7 Å². The number of aromatic nitrogens is 4. The Labute approximate surface area is 125 Å². The van der Waals surface area contributed by atoms with Crippen LogP contribution in [0.3, 0.4) is 0 Å². The highest BCUT2D eigenvalue weighted by Crippen LogP contribution is 2.31. The first-order chi connectivity index (χ1) is 10.4. The molecule has 0 aromatic carbocycles. The Morgan fingerprint density at radius 1 is 1.27 bits per heavy atom. The molecule has 0 spiro atoms. The summed E-state index contributed by atoms with van der Waals surface area (Å²) in [4.78, 5) is 5.65. The number of halogens is 3. The van der Waals surface area contributed by atoms with Crippen molar-refractivity contribution in [2.45, 2.75) is 24.9 Å². The van der Waals surface area contributed by atoms with Gasteiger partial charge < -0.3 is 9.47 Å². The van der Waals surface area contributed by atoms with Crippen LogP contribution in [-0.2, 0) is 13.2 Å². The quantitative estimate of drug-likeness (QED) is 0.855. The number of alkyl halides is 3. The number of pyridine rings is 1. The largest absolute Gasteiger partial charge is 0.433 e. The molecule has 2 aromatic rings. The summed E-state index contributed by atoms with van der Waals surface area (Å²) in [5.74, 6) is 1.37. The number of hydrogen-bond donors (Lipinski definition) is 0. The Morgan fingerprint density at radius 3 is 2.77 bits per heavy atom. The topological polar surface area (TPSA) is 46.8 Å². The van der Waals surface area contributed by atoms with E-state index in [1.54, 1.807) is 12.4 Å². The van der Waals surface area contributed by atoms with Gasteiger partial charge in [-0.1, -0.05) is 6.07 Å². The minimum absolute atomic E-state index is 0.151. The minimum atomic E-state index is -4.42. The predicted molar refractivity (Wildman–Crippen MR) is 74.4 cm³/mol. The van der Waals surface area contributed by atoms with Crippen molar-refractivity contribution in [2.75, 3.05) is 18.0 Å². The number of rotatable bonds is 2. The van der Waals surface area contributed by atoms with Gasteiger partial charge in [-0.15, -0.1) is 10.2 Å². The molecular formula is C14H16F3N5. The minimum Gasteiger partial charge on any atom is -0.356 e. The molecule has 1 fully saturated rings. The van der Waals surface area contributed by atoms with Crippen LogP contribution in [0.2, 0.25) is 0 Å². The Morgan fingerprint density at radius 2 is 2.09 bits per heavy atom. The van der Waals surface area contributed by atoms with Gasteiger partial charge in [0.15, 0.2) is 0 Å². The maximum atomic E-state index is 12.8. The van der Waals surface area contributed by atoms with Crippen molar-refractivity contribution in [1.29, 1.82) is 0 Å². The molecule has 0 radical (unpaired) electrons. The van der Waals surface area contributed by atoms with Gasteiger partial charge in [0.2, 0.25) is 0 Å². The van der Waals surface area contributed by atoms with Crippen molar-refractivity contribution >= 4 is 5.82 Å². The van der Waals surface area contributed by atoms with Gasteiger partial charge in [0.05, 0.1) is 0 Å². The molecule has 2 aromatic heterocycles. The Balaban J connectivity index is 1.82. The van der Waals surface area contributed by atoms with Gasteiger partial charge >= 0.3 is 6.18 Å². The number of hydrogen-bond acceptors (Lipinski definition) is 4. The van der Waals surface area contributed by atoms with E-state index in [0.29, 0.717) is 18.9 Å². The molecule has 0 bridgehead atoms. The van der Waals surface area contributed by atoms with E-state index < -0.39 is 11.9 Å². The molecule has 3 heterocycles. The van der Waals surface area contributed by atoms with E-state index in [1.807, 2.05) is 16.5 Å². The van der Waals surface area contributed by atoms with Crippen LogP contribution < -0.4 is 4.90 Å². The van der Waals surface area contributed by atoms with E-state index in [4.69, 9.17) is 0 Å². The predicted octanol–water partition coefficient (Wildman–Crippen LogP) is 2.61. The molecular weight excluding hydrogens is 295 g/mol. The van der Waals surface area contributed by atoms with E-state index >= 15 is 0 Å². The van der Waals surface area contributed by atoms with Crippen LogP contribution >= 0.6 is 0 Å². The van der Waals surface area contributed by atoms with Crippen LogP contribution in [0.15, 0.2) is 24.5 Å². The lowest BCUT2D eigenvalue weighted by molar-refractivity contribution is -0.141. The first kappa shape index (κ1) is 14.8. The zero-order valence-corrected chi connectivity index (χ0v) is 12.1. The molecule has 0 amide bonds. The smallest absolute Gasteiger partial charge is 0.356 e. The third-order valence-corrected chi connectivity index (χ3v) is 3.88. The third kappa shape index (κ3) is 2.90. The second-order valence-corrected chi connectivity index (χ2v) is 5.46. The number of anilines is 1. The van der Waals surface area contributed by atoms with Crippen molar-refractivity contribution in [2.24, 2.45) is 7.05 Å². The maximum Gasteiger partial charge on any atom is 0.433 e. The molecule has 3 rings (SSSR count). The van der Waals surface area contributed by atoms with E-state index in [1.165, 1.54) is 6.07 Å². The van der Waals surface area contributed by atoms with Gasteiger partial charge in [0, 0.05) is 26.1 Å². The van der Waals surface area contributed by atoms with Gasteiger partial charge in [-0.05, 0) is 25.0 Å². The molecule has 22 heavy (non-hydrogen) atoms. The fraction of sp³-hybridized carbons (Fsp3) is 0.500. The molecule has 1 aliphatic heterocycles. The van der Waals surface area contributed by atoms with Gasteiger partial charge in [0.25, 0.3) is 0 Å². The molecule has 5 nitrogen and oxygen atoms in total. The van der Waals surface area contributed by atoms with Crippen LogP contribution in [0.1, 0.15) is 30.3 Å². The SMILES string of the molecule is Cn1cnnc1C1CCCN(c2cccc(C(F)(F)F)n2)C1. The van der Waals surface area contributed by atoms with Crippen LogP contribution in [-0.4, -0.2) is 32.8 Å². The summed E-state index contributed by atoms with van der Waals surface area (Å²) in [6.45, 7) is 1.30. The summed E-state index contributed by atoms with van der Waals surface area (Å²) in [7, 11) is 1.87. The van der Waals surface area contributed by atoms with E-state index in [2.05, 4.69) is 15.2 Å². The highest BCUT2D eigenvalue weighted by atomic mass is 19.4. The summed E-state index contributed by atoms with van der Waals surface area (Å²) < 4.78 is 40.2. The molecule has 0 aliphatic carbocycles. The Bertz CT molecular complexity index is 652. The summed E-state index contributed by atoms with van der Waals surface area (Å²) in [5.41, 5.74) is -0.856. The lowest BCUT2D eigenvalue weighted by Crippen LogP contribution is -2.36. The molecule has 8 heteroatoms. The summed E-state index contributed by atoms with van der Waals surface area (Å²) in [6, 6.07) is 4.01. The van der Waals surface area contributed by atoms with Crippen LogP contribution in [0.5, 0.6) is 0 Å². The van der Waals surface area contributed by atoms with Crippen molar-refractivity contribution in [3.63, 3.8) is 0 Å².